The van der Waals surface area contributed by atoms with Gasteiger partial charge in [0.1, 0.15) is 0 Å². The summed E-state index contributed by atoms with van der Waals surface area (Å²) in [7, 11) is -3.59. The number of hydrogen-bond acceptors (Lipinski definition) is 3. The van der Waals surface area contributed by atoms with E-state index in [0.29, 0.717) is 17.9 Å². The number of hydrogen-bond donors (Lipinski definition) is 1. The van der Waals surface area contributed by atoms with Crippen molar-refractivity contribution in [1.29, 1.82) is 0 Å². The molecule has 1 aliphatic heterocycles. The minimum Gasteiger partial charge on any atom is -0.364 e. The summed E-state index contributed by atoms with van der Waals surface area (Å²) in [5.74, 6) is 0. The normalized spacial score (nSPS) is 16.0. The summed E-state index contributed by atoms with van der Waals surface area (Å²) in [4.78, 5) is 2.56. The van der Waals surface area contributed by atoms with E-state index in [1.165, 1.54) is 5.56 Å². The van der Waals surface area contributed by atoms with Gasteiger partial charge in [0.25, 0.3) is 0 Å². The lowest BCUT2D eigenvalue weighted by Crippen LogP contribution is -2.47. The van der Waals surface area contributed by atoms with Crippen LogP contribution in [0.25, 0.3) is 5.69 Å². The van der Waals surface area contributed by atoms with Crippen molar-refractivity contribution in [3.05, 3.63) is 115 Å². The topological polar surface area (TPSA) is 54.3 Å². The largest absolute Gasteiger partial charge is 0.364 e. The SMILES string of the molecule is O=S(=O)(NC1Cc2cn(-c3ccccc3)cc2N(Cc2ccccc2)C1)c1ccccc1. The van der Waals surface area contributed by atoms with Crippen molar-refractivity contribution >= 4 is 15.7 Å². The second kappa shape index (κ2) is 8.65. The van der Waals surface area contributed by atoms with Gasteiger partial charge >= 0.3 is 0 Å². The summed E-state index contributed by atoms with van der Waals surface area (Å²) in [6.45, 7) is 1.32. The predicted octanol–water partition coefficient (Wildman–Crippen LogP) is 4.39. The van der Waals surface area contributed by atoms with Crippen LogP contribution in [-0.2, 0) is 23.0 Å². The first kappa shape index (κ1) is 20.5. The molecular formula is C26H25N3O2S. The molecule has 1 aromatic heterocycles. The third-order valence-electron chi connectivity index (χ3n) is 5.78. The Bertz CT molecular complexity index is 1290. The minimum absolute atomic E-state index is 0.219. The molecule has 0 radical (unpaired) electrons. The maximum absolute atomic E-state index is 13.0. The monoisotopic (exact) mass is 443 g/mol. The standard InChI is InChI=1S/C26H25N3O2S/c30-32(31,25-14-8-3-9-15-25)27-23-16-22-18-28(24-12-6-2-7-13-24)20-26(22)29(19-23)17-21-10-4-1-5-11-21/h1-15,18,20,23,27H,16-17,19H2. The molecule has 6 heteroatoms. The van der Waals surface area contributed by atoms with Gasteiger partial charge in [0, 0.05) is 37.2 Å². The number of benzene rings is 3. The highest BCUT2D eigenvalue weighted by molar-refractivity contribution is 7.89. The van der Waals surface area contributed by atoms with Crippen LogP contribution in [-0.4, -0.2) is 25.6 Å². The van der Waals surface area contributed by atoms with E-state index in [4.69, 9.17) is 0 Å². The number of anilines is 1. The van der Waals surface area contributed by atoms with Crippen molar-refractivity contribution in [1.82, 2.24) is 9.29 Å². The molecule has 2 heterocycles. The van der Waals surface area contributed by atoms with E-state index in [9.17, 15) is 8.42 Å². The molecule has 0 fully saturated rings. The van der Waals surface area contributed by atoms with E-state index in [2.05, 4.69) is 50.8 Å². The molecule has 0 saturated carbocycles. The highest BCUT2D eigenvalue weighted by Gasteiger charge is 2.29. The number of sulfonamides is 1. The van der Waals surface area contributed by atoms with E-state index in [1.54, 1.807) is 24.3 Å². The zero-order valence-corrected chi connectivity index (χ0v) is 18.4. The first-order valence-corrected chi connectivity index (χ1v) is 12.2. The van der Waals surface area contributed by atoms with Crippen LogP contribution >= 0.6 is 0 Å². The van der Waals surface area contributed by atoms with Crippen LogP contribution in [0.15, 0.2) is 108 Å². The maximum atomic E-state index is 13.0. The van der Waals surface area contributed by atoms with Crippen LogP contribution in [0.5, 0.6) is 0 Å². The van der Waals surface area contributed by atoms with Crippen LogP contribution in [0.3, 0.4) is 0 Å². The highest BCUT2D eigenvalue weighted by atomic mass is 32.2. The number of nitrogens with zero attached hydrogens (tertiary/aromatic N) is 2. The maximum Gasteiger partial charge on any atom is 0.240 e. The van der Waals surface area contributed by atoms with Crippen molar-refractivity contribution in [2.75, 3.05) is 11.4 Å². The van der Waals surface area contributed by atoms with Crippen molar-refractivity contribution in [3.63, 3.8) is 0 Å². The number of aromatic nitrogens is 1. The van der Waals surface area contributed by atoms with E-state index >= 15 is 0 Å². The van der Waals surface area contributed by atoms with Gasteiger partial charge in [0.15, 0.2) is 0 Å². The minimum atomic E-state index is -3.59. The molecule has 1 unspecified atom stereocenters. The molecule has 0 saturated heterocycles. The van der Waals surface area contributed by atoms with Gasteiger partial charge in [-0.15, -0.1) is 0 Å². The Balaban J connectivity index is 1.47. The highest BCUT2D eigenvalue weighted by Crippen LogP contribution is 2.31. The Morgan fingerprint density at radius 1 is 0.812 bits per heavy atom. The number of nitrogens with one attached hydrogen (secondary N) is 1. The number of rotatable bonds is 6. The molecule has 5 nitrogen and oxygen atoms in total. The Kier molecular flexibility index (Phi) is 5.55. The van der Waals surface area contributed by atoms with Crippen LogP contribution in [0.2, 0.25) is 0 Å². The number of fused-ring (bicyclic) bond motifs is 1. The first-order valence-electron chi connectivity index (χ1n) is 10.7. The predicted molar refractivity (Wildman–Crippen MR) is 128 cm³/mol. The van der Waals surface area contributed by atoms with Gasteiger partial charge in [-0.3, -0.25) is 0 Å². The van der Waals surface area contributed by atoms with Gasteiger partial charge < -0.3 is 9.47 Å². The molecule has 162 valence electrons. The van der Waals surface area contributed by atoms with E-state index < -0.39 is 10.0 Å². The first-order chi connectivity index (χ1) is 15.6. The molecule has 0 spiro atoms. The molecule has 1 atom stereocenters. The van der Waals surface area contributed by atoms with Crippen LogP contribution in [0.4, 0.5) is 5.69 Å². The van der Waals surface area contributed by atoms with Gasteiger partial charge in [0.05, 0.1) is 10.6 Å². The summed E-state index contributed by atoms with van der Waals surface area (Å²) in [5, 5.41) is 0. The molecule has 4 aromatic rings. The summed E-state index contributed by atoms with van der Waals surface area (Å²) in [6.07, 6.45) is 4.91. The lowest BCUT2D eigenvalue weighted by atomic mass is 10.0. The second-order valence-corrected chi connectivity index (χ2v) is 9.83. The van der Waals surface area contributed by atoms with E-state index in [0.717, 1.165) is 23.5 Å². The van der Waals surface area contributed by atoms with Crippen LogP contribution in [0, 0.1) is 0 Å². The average Bonchev–Trinajstić information content (AvgIpc) is 3.25. The Morgan fingerprint density at radius 2 is 1.44 bits per heavy atom. The molecule has 0 amide bonds. The molecule has 1 aliphatic rings. The molecule has 3 aromatic carbocycles. The molecular weight excluding hydrogens is 418 g/mol. The van der Waals surface area contributed by atoms with E-state index in [1.807, 2.05) is 42.5 Å². The van der Waals surface area contributed by atoms with Crippen LogP contribution in [0.1, 0.15) is 11.1 Å². The van der Waals surface area contributed by atoms with Crippen molar-refractivity contribution in [3.8, 4) is 5.69 Å². The summed E-state index contributed by atoms with van der Waals surface area (Å²) in [6, 6.07) is 28.8. The van der Waals surface area contributed by atoms with Gasteiger partial charge in [-0.05, 0) is 41.8 Å². The van der Waals surface area contributed by atoms with Gasteiger partial charge in [-0.1, -0.05) is 66.7 Å². The lowest BCUT2D eigenvalue weighted by molar-refractivity contribution is 0.525. The molecule has 32 heavy (non-hydrogen) atoms. The third kappa shape index (κ3) is 4.33. The fourth-order valence-electron chi connectivity index (χ4n) is 4.29. The molecule has 1 N–H and O–H groups in total. The summed E-state index contributed by atoms with van der Waals surface area (Å²) < 4.78 is 31.0. The third-order valence-corrected chi connectivity index (χ3v) is 7.32. The van der Waals surface area contributed by atoms with Gasteiger partial charge in [-0.2, -0.15) is 0 Å². The smallest absolute Gasteiger partial charge is 0.240 e. The van der Waals surface area contributed by atoms with Crippen molar-refractivity contribution in [2.24, 2.45) is 0 Å². The summed E-state index contributed by atoms with van der Waals surface area (Å²) in [5.41, 5.74) is 4.56. The fourth-order valence-corrected chi connectivity index (χ4v) is 5.54. The zero-order chi connectivity index (χ0) is 22.0. The van der Waals surface area contributed by atoms with E-state index in [-0.39, 0.29) is 6.04 Å². The molecule has 5 rings (SSSR count). The van der Waals surface area contributed by atoms with Crippen molar-refractivity contribution in [2.45, 2.75) is 23.9 Å². The van der Waals surface area contributed by atoms with Gasteiger partial charge in [0.2, 0.25) is 10.0 Å². The Labute approximate surface area is 189 Å². The van der Waals surface area contributed by atoms with Crippen molar-refractivity contribution < 1.29 is 8.42 Å². The molecule has 0 aliphatic carbocycles. The quantitative estimate of drug-likeness (QED) is 0.481. The fraction of sp³-hybridized carbons (Fsp3) is 0.154. The average molecular weight is 444 g/mol. The second-order valence-electron chi connectivity index (χ2n) is 8.11. The van der Waals surface area contributed by atoms with Crippen LogP contribution < -0.4 is 9.62 Å². The Morgan fingerprint density at radius 3 is 2.12 bits per heavy atom. The zero-order valence-electron chi connectivity index (χ0n) is 17.6. The Hall–Kier alpha value is -3.35. The van der Waals surface area contributed by atoms with Gasteiger partial charge in [-0.25, -0.2) is 13.1 Å². The summed E-state index contributed by atoms with van der Waals surface area (Å²) >= 11 is 0. The lowest BCUT2D eigenvalue weighted by Gasteiger charge is -2.34. The molecule has 0 bridgehead atoms. The number of para-hydroxylation sites is 1.